The van der Waals surface area contributed by atoms with Gasteiger partial charge in [-0.3, -0.25) is 4.79 Å². The van der Waals surface area contributed by atoms with E-state index in [0.29, 0.717) is 6.42 Å². The first-order valence-corrected chi connectivity index (χ1v) is 5.05. The van der Waals surface area contributed by atoms with Crippen LogP contribution in [0.25, 0.3) is 0 Å². The number of hydrogen-bond acceptors (Lipinski definition) is 1. The maximum atomic E-state index is 13.3. The Morgan fingerprint density at radius 3 is 2.93 bits per heavy atom. The molecule has 0 aromatic heterocycles. The SMILES string of the molecule is C=CCCCC(=O)c1cc(C)ccc1F. The quantitative estimate of drug-likeness (QED) is 0.408. The lowest BCUT2D eigenvalue weighted by molar-refractivity contribution is 0.0976. The van der Waals surface area contributed by atoms with E-state index in [1.165, 1.54) is 6.07 Å². The third-order valence-electron chi connectivity index (χ3n) is 2.23. The Hall–Kier alpha value is -1.44. The van der Waals surface area contributed by atoms with Crippen LogP contribution in [-0.4, -0.2) is 5.78 Å². The molecule has 2 heteroatoms. The Labute approximate surface area is 89.6 Å². The molecule has 0 radical (unpaired) electrons. The fourth-order valence-corrected chi connectivity index (χ4v) is 1.39. The Balaban J connectivity index is 2.72. The van der Waals surface area contributed by atoms with E-state index in [2.05, 4.69) is 6.58 Å². The second-order valence-corrected chi connectivity index (χ2v) is 3.59. The lowest BCUT2D eigenvalue weighted by Gasteiger charge is -2.03. The number of Topliss-reactive ketones (excluding diaryl/α,β-unsaturated/α-hetero) is 1. The summed E-state index contributed by atoms with van der Waals surface area (Å²) in [5.41, 5.74) is 1.11. The molecule has 0 bridgehead atoms. The van der Waals surface area contributed by atoms with E-state index >= 15 is 0 Å². The van der Waals surface area contributed by atoms with Crippen molar-refractivity contribution < 1.29 is 9.18 Å². The van der Waals surface area contributed by atoms with Crippen molar-refractivity contribution >= 4 is 5.78 Å². The summed E-state index contributed by atoms with van der Waals surface area (Å²) >= 11 is 0. The van der Waals surface area contributed by atoms with Crippen LogP contribution in [-0.2, 0) is 0 Å². The van der Waals surface area contributed by atoms with Crippen LogP contribution in [0.3, 0.4) is 0 Å². The highest BCUT2D eigenvalue weighted by molar-refractivity contribution is 5.96. The molecule has 0 aliphatic heterocycles. The van der Waals surface area contributed by atoms with Crippen molar-refractivity contribution in [1.29, 1.82) is 0 Å². The first-order valence-electron chi connectivity index (χ1n) is 5.05. The molecule has 0 unspecified atom stereocenters. The number of hydrogen-bond donors (Lipinski definition) is 0. The van der Waals surface area contributed by atoms with E-state index in [-0.39, 0.29) is 11.3 Å². The molecule has 0 saturated carbocycles. The number of unbranched alkanes of at least 4 members (excludes halogenated alkanes) is 1. The molecule has 0 amide bonds. The molecule has 80 valence electrons. The van der Waals surface area contributed by atoms with Gasteiger partial charge in [-0.05, 0) is 31.9 Å². The molecule has 0 atom stereocenters. The van der Waals surface area contributed by atoms with Gasteiger partial charge < -0.3 is 0 Å². The number of benzene rings is 1. The summed E-state index contributed by atoms with van der Waals surface area (Å²) in [6, 6.07) is 4.61. The molecule has 0 aliphatic rings. The van der Waals surface area contributed by atoms with Gasteiger partial charge >= 0.3 is 0 Å². The average Bonchev–Trinajstić information content (AvgIpc) is 2.22. The zero-order valence-electron chi connectivity index (χ0n) is 8.92. The van der Waals surface area contributed by atoms with Gasteiger partial charge in [0.25, 0.3) is 0 Å². The molecule has 1 aromatic carbocycles. The highest BCUT2D eigenvalue weighted by Crippen LogP contribution is 2.13. The molecule has 0 fully saturated rings. The summed E-state index contributed by atoms with van der Waals surface area (Å²) in [7, 11) is 0. The molecule has 1 rings (SSSR count). The van der Waals surface area contributed by atoms with Crippen LogP contribution in [0.2, 0.25) is 0 Å². The zero-order chi connectivity index (χ0) is 11.3. The number of rotatable bonds is 5. The van der Waals surface area contributed by atoms with Crippen molar-refractivity contribution in [2.75, 3.05) is 0 Å². The summed E-state index contributed by atoms with van der Waals surface area (Å²) in [6.45, 7) is 5.42. The Bertz CT molecular complexity index is 369. The van der Waals surface area contributed by atoms with E-state index in [1.807, 2.05) is 6.92 Å². The fraction of sp³-hybridized carbons (Fsp3) is 0.308. The molecule has 0 spiro atoms. The van der Waals surface area contributed by atoms with Crippen LogP contribution in [0.15, 0.2) is 30.9 Å². The normalized spacial score (nSPS) is 10.0. The summed E-state index contributed by atoms with van der Waals surface area (Å²) in [4.78, 5) is 11.6. The standard InChI is InChI=1S/C13H15FO/c1-3-4-5-6-13(15)11-9-10(2)7-8-12(11)14/h3,7-9H,1,4-6H2,2H3. The van der Waals surface area contributed by atoms with Gasteiger partial charge in [0.15, 0.2) is 5.78 Å². The predicted octanol–water partition coefficient (Wildman–Crippen LogP) is 3.67. The fourth-order valence-electron chi connectivity index (χ4n) is 1.39. The molecule has 0 saturated heterocycles. The van der Waals surface area contributed by atoms with Crippen LogP contribution < -0.4 is 0 Å². The van der Waals surface area contributed by atoms with Gasteiger partial charge in [-0.15, -0.1) is 6.58 Å². The number of carbonyl (C=O) groups is 1. The first kappa shape index (κ1) is 11.6. The Morgan fingerprint density at radius 2 is 2.27 bits per heavy atom. The van der Waals surface area contributed by atoms with Gasteiger partial charge in [-0.25, -0.2) is 4.39 Å². The van der Waals surface area contributed by atoms with Gasteiger partial charge in [-0.2, -0.15) is 0 Å². The van der Waals surface area contributed by atoms with Crippen molar-refractivity contribution in [3.05, 3.63) is 47.8 Å². The van der Waals surface area contributed by atoms with E-state index in [4.69, 9.17) is 0 Å². The second-order valence-electron chi connectivity index (χ2n) is 3.59. The molecule has 0 N–H and O–H groups in total. The highest BCUT2D eigenvalue weighted by atomic mass is 19.1. The summed E-state index contributed by atoms with van der Waals surface area (Å²) < 4.78 is 13.3. The van der Waals surface area contributed by atoms with Crippen molar-refractivity contribution in [2.45, 2.75) is 26.2 Å². The topological polar surface area (TPSA) is 17.1 Å². The van der Waals surface area contributed by atoms with E-state index in [0.717, 1.165) is 18.4 Å². The predicted molar refractivity (Wildman–Crippen MR) is 59.5 cm³/mol. The third-order valence-corrected chi connectivity index (χ3v) is 2.23. The number of allylic oxidation sites excluding steroid dienone is 1. The van der Waals surface area contributed by atoms with Crippen LogP contribution in [0, 0.1) is 12.7 Å². The van der Waals surface area contributed by atoms with E-state index < -0.39 is 5.82 Å². The molecule has 0 aliphatic carbocycles. The van der Waals surface area contributed by atoms with Crippen molar-refractivity contribution in [2.24, 2.45) is 0 Å². The number of ketones is 1. The lowest BCUT2D eigenvalue weighted by Crippen LogP contribution is -2.02. The minimum absolute atomic E-state index is 0.127. The summed E-state index contributed by atoms with van der Waals surface area (Å²) in [6.07, 6.45) is 3.67. The molecule has 1 nitrogen and oxygen atoms in total. The van der Waals surface area contributed by atoms with Crippen molar-refractivity contribution in [3.8, 4) is 0 Å². The summed E-state index contributed by atoms with van der Waals surface area (Å²) in [5.74, 6) is -0.553. The lowest BCUT2D eigenvalue weighted by atomic mass is 10.0. The average molecular weight is 206 g/mol. The first-order chi connectivity index (χ1) is 7.15. The molecular weight excluding hydrogens is 191 g/mol. The minimum atomic E-state index is -0.427. The molecular formula is C13H15FO. The number of halogens is 1. The zero-order valence-corrected chi connectivity index (χ0v) is 8.92. The van der Waals surface area contributed by atoms with Crippen LogP contribution in [0.5, 0.6) is 0 Å². The van der Waals surface area contributed by atoms with Gasteiger partial charge in [0, 0.05) is 6.42 Å². The van der Waals surface area contributed by atoms with Gasteiger partial charge in [-0.1, -0.05) is 17.7 Å². The monoisotopic (exact) mass is 206 g/mol. The van der Waals surface area contributed by atoms with Crippen LogP contribution >= 0.6 is 0 Å². The van der Waals surface area contributed by atoms with E-state index in [1.54, 1.807) is 18.2 Å². The van der Waals surface area contributed by atoms with Crippen LogP contribution in [0.1, 0.15) is 35.2 Å². The molecule has 0 heterocycles. The molecule has 15 heavy (non-hydrogen) atoms. The Kier molecular flexibility index (Phi) is 4.22. The van der Waals surface area contributed by atoms with Gasteiger partial charge in [0.2, 0.25) is 0 Å². The molecule has 1 aromatic rings. The van der Waals surface area contributed by atoms with Gasteiger partial charge in [0.1, 0.15) is 5.82 Å². The van der Waals surface area contributed by atoms with Crippen molar-refractivity contribution in [1.82, 2.24) is 0 Å². The smallest absolute Gasteiger partial charge is 0.165 e. The third kappa shape index (κ3) is 3.31. The number of aryl methyl sites for hydroxylation is 1. The maximum Gasteiger partial charge on any atom is 0.165 e. The summed E-state index contributed by atoms with van der Waals surface area (Å²) in [5, 5.41) is 0. The second kappa shape index (κ2) is 5.44. The number of carbonyl (C=O) groups excluding carboxylic acids is 1. The Morgan fingerprint density at radius 1 is 1.53 bits per heavy atom. The van der Waals surface area contributed by atoms with Crippen molar-refractivity contribution in [3.63, 3.8) is 0 Å². The van der Waals surface area contributed by atoms with Gasteiger partial charge in [0.05, 0.1) is 5.56 Å². The van der Waals surface area contributed by atoms with Crippen LogP contribution in [0.4, 0.5) is 4.39 Å². The minimum Gasteiger partial charge on any atom is -0.294 e. The highest BCUT2D eigenvalue weighted by Gasteiger charge is 2.10. The van der Waals surface area contributed by atoms with E-state index in [9.17, 15) is 9.18 Å². The largest absolute Gasteiger partial charge is 0.294 e. The maximum absolute atomic E-state index is 13.3.